The number of amides is 1. The van der Waals surface area contributed by atoms with E-state index >= 15 is 0 Å². The van der Waals surface area contributed by atoms with Crippen molar-refractivity contribution in [2.75, 3.05) is 33.9 Å². The Labute approximate surface area is 152 Å². The molecule has 1 saturated heterocycles. The first-order valence-corrected chi connectivity index (χ1v) is 8.20. The lowest BCUT2D eigenvalue weighted by molar-refractivity contribution is -0.130. The molecule has 0 radical (unpaired) electrons. The van der Waals surface area contributed by atoms with Crippen LogP contribution in [0.4, 0.5) is 0 Å². The van der Waals surface area contributed by atoms with Crippen molar-refractivity contribution in [2.45, 2.75) is 56.5 Å². The molecule has 0 bridgehead atoms. The molecule has 5 nitrogen and oxygen atoms in total. The van der Waals surface area contributed by atoms with E-state index in [1.54, 1.807) is 0 Å². The quantitative estimate of drug-likeness (QED) is 0.794. The molecule has 2 rings (SSSR count). The van der Waals surface area contributed by atoms with Gasteiger partial charge in [0.15, 0.2) is 0 Å². The normalized spacial score (nSPS) is 30.0. The topological polar surface area (TPSA) is 67.6 Å². The number of likely N-dealkylation sites (N-methyl/N-ethyl adjacent to an activating group) is 1. The van der Waals surface area contributed by atoms with E-state index in [-0.39, 0.29) is 36.3 Å². The maximum Gasteiger partial charge on any atom is 0.240 e. The summed E-state index contributed by atoms with van der Waals surface area (Å²) in [5.41, 5.74) is 5.59. The van der Waals surface area contributed by atoms with Gasteiger partial charge in [-0.3, -0.25) is 4.79 Å². The molecule has 0 aromatic rings. The second kappa shape index (κ2) is 9.42. The van der Waals surface area contributed by atoms with Gasteiger partial charge in [-0.05, 0) is 45.7 Å². The molecule has 1 heterocycles. The van der Waals surface area contributed by atoms with Crippen LogP contribution in [0.25, 0.3) is 0 Å². The predicted molar refractivity (Wildman–Crippen MR) is 98.5 cm³/mol. The molecule has 2 unspecified atom stereocenters. The van der Waals surface area contributed by atoms with Crippen molar-refractivity contribution < 1.29 is 9.53 Å². The highest BCUT2D eigenvalue weighted by atomic mass is 35.5. The van der Waals surface area contributed by atoms with Crippen LogP contribution in [0.15, 0.2) is 0 Å². The van der Waals surface area contributed by atoms with Crippen molar-refractivity contribution in [1.29, 1.82) is 0 Å². The Morgan fingerprint density at radius 3 is 2.39 bits per heavy atom. The van der Waals surface area contributed by atoms with Gasteiger partial charge in [-0.1, -0.05) is 19.8 Å². The second-order valence-corrected chi connectivity index (χ2v) is 7.27. The van der Waals surface area contributed by atoms with Gasteiger partial charge >= 0.3 is 0 Å². The minimum absolute atomic E-state index is 0. The molecule has 1 aliphatic heterocycles. The van der Waals surface area contributed by atoms with Gasteiger partial charge in [-0.15, -0.1) is 24.8 Å². The Morgan fingerprint density at radius 1 is 1.26 bits per heavy atom. The first kappa shape index (κ1) is 22.9. The Bertz CT molecular complexity index is 376. The highest BCUT2D eigenvalue weighted by molar-refractivity contribution is 5.86. The van der Waals surface area contributed by atoms with Gasteiger partial charge in [0.25, 0.3) is 0 Å². The van der Waals surface area contributed by atoms with E-state index in [2.05, 4.69) is 31.2 Å². The van der Waals surface area contributed by atoms with Gasteiger partial charge in [0.2, 0.25) is 5.91 Å². The highest BCUT2D eigenvalue weighted by Crippen LogP contribution is 2.35. The van der Waals surface area contributed by atoms with E-state index in [4.69, 9.17) is 10.5 Å². The number of carbonyl (C=O) groups is 1. The van der Waals surface area contributed by atoms with Crippen LogP contribution in [0.3, 0.4) is 0 Å². The number of nitrogens with zero attached hydrogens (tertiary/aromatic N) is 1. The Kier molecular flexibility index (Phi) is 9.39. The SMILES string of the molecule is CC1CCCC(CNC(=O)C2(N)CCOCC2)(N(C)C)C1.Cl.Cl. The standard InChI is InChI=1S/C16H31N3O2.2ClH/c1-13-5-4-6-15(11-13,19(2)3)12-18-14(20)16(17)7-9-21-10-8-16;;/h13H,4-12,17H2,1-3H3,(H,18,20);2*1H. The maximum absolute atomic E-state index is 12.5. The first-order chi connectivity index (χ1) is 9.88. The van der Waals surface area contributed by atoms with Crippen molar-refractivity contribution in [2.24, 2.45) is 11.7 Å². The lowest BCUT2D eigenvalue weighted by Gasteiger charge is -2.46. The Hall–Kier alpha value is -0.0700. The molecule has 23 heavy (non-hydrogen) atoms. The second-order valence-electron chi connectivity index (χ2n) is 7.27. The monoisotopic (exact) mass is 369 g/mol. The Morgan fingerprint density at radius 2 is 1.87 bits per heavy atom. The van der Waals surface area contributed by atoms with E-state index in [1.807, 2.05) is 0 Å². The summed E-state index contributed by atoms with van der Waals surface area (Å²) in [6.07, 6.45) is 6.04. The lowest BCUT2D eigenvalue weighted by atomic mass is 9.75. The number of halogens is 2. The van der Waals surface area contributed by atoms with E-state index < -0.39 is 5.54 Å². The largest absolute Gasteiger partial charge is 0.381 e. The average Bonchev–Trinajstić information content (AvgIpc) is 2.45. The van der Waals surface area contributed by atoms with Gasteiger partial charge in [0, 0.05) is 25.3 Å². The molecule has 3 N–H and O–H groups in total. The van der Waals surface area contributed by atoms with Crippen LogP contribution < -0.4 is 11.1 Å². The molecule has 1 aliphatic carbocycles. The number of carbonyl (C=O) groups excluding carboxylic acids is 1. The van der Waals surface area contributed by atoms with Crippen LogP contribution in [0, 0.1) is 5.92 Å². The van der Waals surface area contributed by atoms with Crippen LogP contribution in [0.2, 0.25) is 0 Å². The first-order valence-electron chi connectivity index (χ1n) is 8.20. The molecular formula is C16H33Cl2N3O2. The Balaban J connectivity index is 0.00000242. The fourth-order valence-electron chi connectivity index (χ4n) is 3.74. The zero-order valence-corrected chi connectivity index (χ0v) is 16.2. The van der Waals surface area contributed by atoms with Crippen molar-refractivity contribution >= 4 is 30.7 Å². The van der Waals surface area contributed by atoms with E-state index in [0.29, 0.717) is 38.5 Å². The summed E-state index contributed by atoms with van der Waals surface area (Å²) in [7, 11) is 4.24. The third kappa shape index (κ3) is 5.46. The summed E-state index contributed by atoms with van der Waals surface area (Å²) < 4.78 is 5.31. The van der Waals surface area contributed by atoms with Crippen LogP contribution in [-0.2, 0) is 9.53 Å². The fourth-order valence-corrected chi connectivity index (χ4v) is 3.74. The number of hydrogen-bond acceptors (Lipinski definition) is 4. The zero-order valence-electron chi connectivity index (χ0n) is 14.6. The van der Waals surface area contributed by atoms with Gasteiger partial charge in [-0.2, -0.15) is 0 Å². The number of hydrogen-bond donors (Lipinski definition) is 2. The van der Waals surface area contributed by atoms with Crippen LogP contribution >= 0.6 is 24.8 Å². The molecule has 2 atom stereocenters. The maximum atomic E-state index is 12.5. The number of ether oxygens (including phenoxy) is 1. The average molecular weight is 370 g/mol. The highest BCUT2D eigenvalue weighted by Gasteiger charge is 2.40. The van der Waals surface area contributed by atoms with E-state index in [9.17, 15) is 4.79 Å². The number of nitrogens with two attached hydrogens (primary N) is 1. The summed E-state index contributed by atoms with van der Waals surface area (Å²) in [4.78, 5) is 14.8. The van der Waals surface area contributed by atoms with Crippen molar-refractivity contribution in [3.05, 3.63) is 0 Å². The van der Waals surface area contributed by atoms with Gasteiger partial charge < -0.3 is 20.7 Å². The lowest BCUT2D eigenvalue weighted by Crippen LogP contribution is -2.61. The van der Waals surface area contributed by atoms with Crippen LogP contribution in [-0.4, -0.2) is 55.7 Å². The van der Waals surface area contributed by atoms with E-state index in [0.717, 1.165) is 12.8 Å². The summed E-state index contributed by atoms with van der Waals surface area (Å²) in [6.45, 7) is 4.17. The third-order valence-corrected chi connectivity index (χ3v) is 5.43. The van der Waals surface area contributed by atoms with Crippen LogP contribution in [0.1, 0.15) is 45.4 Å². The molecule has 138 valence electrons. The molecule has 0 aromatic heterocycles. The predicted octanol–water partition coefficient (Wildman–Crippen LogP) is 1.96. The van der Waals surface area contributed by atoms with Crippen molar-refractivity contribution in [1.82, 2.24) is 10.2 Å². The van der Waals surface area contributed by atoms with E-state index in [1.165, 1.54) is 12.8 Å². The number of rotatable bonds is 4. The summed E-state index contributed by atoms with van der Waals surface area (Å²) in [5, 5.41) is 3.14. The molecule has 2 fully saturated rings. The zero-order chi connectivity index (χ0) is 15.5. The minimum Gasteiger partial charge on any atom is -0.381 e. The summed E-state index contributed by atoms with van der Waals surface area (Å²) >= 11 is 0. The summed E-state index contributed by atoms with van der Waals surface area (Å²) in [6, 6.07) is 0. The van der Waals surface area contributed by atoms with Crippen molar-refractivity contribution in [3.8, 4) is 0 Å². The molecule has 0 spiro atoms. The third-order valence-electron chi connectivity index (χ3n) is 5.43. The molecule has 1 saturated carbocycles. The molecule has 1 amide bonds. The molecule has 2 aliphatic rings. The minimum atomic E-state index is -0.744. The number of nitrogens with one attached hydrogen (secondary N) is 1. The van der Waals surface area contributed by atoms with Crippen LogP contribution in [0.5, 0.6) is 0 Å². The van der Waals surface area contributed by atoms with Gasteiger partial charge in [-0.25, -0.2) is 0 Å². The smallest absolute Gasteiger partial charge is 0.240 e. The van der Waals surface area contributed by atoms with Crippen molar-refractivity contribution in [3.63, 3.8) is 0 Å². The van der Waals surface area contributed by atoms with Gasteiger partial charge in [0.1, 0.15) is 0 Å². The molecular weight excluding hydrogens is 337 g/mol. The van der Waals surface area contributed by atoms with Gasteiger partial charge in [0.05, 0.1) is 5.54 Å². The molecule has 7 heteroatoms. The molecule has 0 aromatic carbocycles. The fraction of sp³-hybridized carbons (Fsp3) is 0.938. The summed E-state index contributed by atoms with van der Waals surface area (Å²) in [5.74, 6) is 0.707.